The highest BCUT2D eigenvalue weighted by Crippen LogP contribution is 2.35. The van der Waals surface area contributed by atoms with Gasteiger partial charge in [0.2, 0.25) is 5.91 Å². The van der Waals surface area contributed by atoms with Gasteiger partial charge in [-0.1, -0.05) is 0 Å². The van der Waals surface area contributed by atoms with Gasteiger partial charge < -0.3 is 20.0 Å². The Hall–Kier alpha value is -1.98. The quantitative estimate of drug-likeness (QED) is 0.650. The molecule has 2 aliphatic heterocycles. The Kier molecular flexibility index (Phi) is 4.88. The predicted molar refractivity (Wildman–Crippen MR) is 89.3 cm³/mol. The van der Waals surface area contributed by atoms with E-state index in [-0.39, 0.29) is 11.3 Å². The maximum atomic E-state index is 11.6. The number of nitrogens with zero attached hydrogens (tertiary/aromatic N) is 2. The van der Waals surface area contributed by atoms with Crippen LogP contribution in [0.5, 0.6) is 0 Å². The Morgan fingerprint density at radius 2 is 2.48 bits per heavy atom. The Morgan fingerprint density at radius 3 is 3.17 bits per heavy atom. The smallest absolute Gasteiger partial charge is 0.220 e. The molecule has 1 aromatic heterocycles. The normalized spacial score (nSPS) is 25.0. The monoisotopic (exact) mass is 318 g/mol. The van der Waals surface area contributed by atoms with E-state index in [1.807, 2.05) is 12.1 Å². The molecule has 1 aromatic rings. The van der Waals surface area contributed by atoms with Gasteiger partial charge in [0.1, 0.15) is 5.76 Å². The van der Waals surface area contributed by atoms with E-state index in [1.54, 1.807) is 6.26 Å². The van der Waals surface area contributed by atoms with Crippen molar-refractivity contribution in [3.8, 4) is 0 Å². The van der Waals surface area contributed by atoms with E-state index in [0.29, 0.717) is 13.0 Å². The molecule has 6 nitrogen and oxygen atoms in total. The van der Waals surface area contributed by atoms with Gasteiger partial charge >= 0.3 is 0 Å². The molecule has 0 bridgehead atoms. The molecule has 0 radical (unpaired) electrons. The summed E-state index contributed by atoms with van der Waals surface area (Å²) in [5.41, 5.74) is 0.0898. The summed E-state index contributed by atoms with van der Waals surface area (Å²) in [6, 6.07) is 3.89. The molecule has 1 amide bonds. The maximum Gasteiger partial charge on any atom is 0.220 e. The summed E-state index contributed by atoms with van der Waals surface area (Å²) in [5, 5.41) is 6.38. The molecule has 1 atom stereocenters. The highest BCUT2D eigenvalue weighted by Gasteiger charge is 2.42. The van der Waals surface area contributed by atoms with Crippen molar-refractivity contribution in [1.82, 2.24) is 15.5 Å². The Bertz CT molecular complexity index is 555. The standard InChI is InChI=1S/C17H26N4O2/c1-2-18-16(19-8-6-14-5-3-10-23-14)21-9-4-7-17(13-21)11-15(22)20-12-17/h3,5,10H,2,4,6-9,11-13H2,1H3,(H,18,19)(H,20,22). The number of hydrogen-bond acceptors (Lipinski definition) is 3. The number of nitrogens with one attached hydrogen (secondary N) is 2. The van der Waals surface area contributed by atoms with E-state index in [4.69, 9.17) is 9.41 Å². The number of carbonyl (C=O) groups is 1. The number of hydrogen-bond donors (Lipinski definition) is 2. The van der Waals surface area contributed by atoms with Crippen LogP contribution in [0.25, 0.3) is 0 Å². The predicted octanol–water partition coefficient (Wildman–Crippen LogP) is 1.39. The first-order chi connectivity index (χ1) is 11.2. The number of carbonyl (C=O) groups excluding carboxylic acids is 1. The van der Waals surface area contributed by atoms with Crippen molar-refractivity contribution in [3.05, 3.63) is 24.2 Å². The van der Waals surface area contributed by atoms with Crippen molar-refractivity contribution in [1.29, 1.82) is 0 Å². The number of aliphatic imine (C=N–C) groups is 1. The first-order valence-electron chi connectivity index (χ1n) is 8.53. The lowest BCUT2D eigenvalue weighted by Crippen LogP contribution is -2.51. The lowest BCUT2D eigenvalue weighted by molar-refractivity contribution is -0.119. The van der Waals surface area contributed by atoms with Crippen molar-refractivity contribution in [2.45, 2.75) is 32.6 Å². The zero-order valence-electron chi connectivity index (χ0n) is 13.8. The van der Waals surface area contributed by atoms with Crippen LogP contribution in [-0.2, 0) is 11.2 Å². The third-order valence-electron chi connectivity index (χ3n) is 4.69. The molecule has 2 aliphatic rings. The van der Waals surface area contributed by atoms with Gasteiger partial charge in [0.15, 0.2) is 5.96 Å². The van der Waals surface area contributed by atoms with Crippen LogP contribution in [0.1, 0.15) is 31.9 Å². The largest absolute Gasteiger partial charge is 0.469 e. The molecule has 23 heavy (non-hydrogen) atoms. The Labute approximate surface area is 137 Å². The lowest BCUT2D eigenvalue weighted by atomic mass is 9.79. The average molecular weight is 318 g/mol. The highest BCUT2D eigenvalue weighted by molar-refractivity contribution is 5.81. The molecule has 0 aliphatic carbocycles. The first-order valence-corrected chi connectivity index (χ1v) is 8.53. The molecule has 126 valence electrons. The van der Waals surface area contributed by atoms with E-state index in [2.05, 4.69) is 22.5 Å². The number of guanidine groups is 1. The maximum absolute atomic E-state index is 11.6. The fourth-order valence-electron chi connectivity index (χ4n) is 3.58. The topological polar surface area (TPSA) is 69.9 Å². The van der Waals surface area contributed by atoms with Crippen LogP contribution in [0.2, 0.25) is 0 Å². The second-order valence-corrected chi connectivity index (χ2v) is 6.54. The fraction of sp³-hybridized carbons (Fsp3) is 0.647. The summed E-state index contributed by atoms with van der Waals surface area (Å²) in [7, 11) is 0. The number of rotatable bonds is 4. The van der Waals surface area contributed by atoms with Crippen LogP contribution in [0.4, 0.5) is 0 Å². The van der Waals surface area contributed by atoms with Gasteiger partial charge in [-0.15, -0.1) is 0 Å². The second-order valence-electron chi connectivity index (χ2n) is 6.54. The molecule has 3 rings (SSSR count). The van der Waals surface area contributed by atoms with Crippen LogP contribution in [0.15, 0.2) is 27.8 Å². The molecule has 2 saturated heterocycles. The molecule has 2 fully saturated rings. The summed E-state index contributed by atoms with van der Waals surface area (Å²) >= 11 is 0. The zero-order chi connectivity index (χ0) is 16.1. The number of likely N-dealkylation sites (tertiary alicyclic amines) is 1. The second kappa shape index (κ2) is 7.06. The molecule has 6 heteroatoms. The first kappa shape index (κ1) is 15.9. The van der Waals surface area contributed by atoms with Gasteiger partial charge in [-0.25, -0.2) is 0 Å². The highest BCUT2D eigenvalue weighted by atomic mass is 16.3. The van der Waals surface area contributed by atoms with Gasteiger partial charge in [-0.2, -0.15) is 0 Å². The van der Waals surface area contributed by atoms with Gasteiger partial charge in [-0.3, -0.25) is 9.79 Å². The van der Waals surface area contributed by atoms with Crippen molar-refractivity contribution in [2.24, 2.45) is 10.4 Å². The third kappa shape index (κ3) is 3.86. The van der Waals surface area contributed by atoms with Gasteiger partial charge in [0.25, 0.3) is 0 Å². The number of piperidine rings is 1. The van der Waals surface area contributed by atoms with Gasteiger partial charge in [0, 0.05) is 51.0 Å². The number of furan rings is 1. The Balaban J connectivity index is 1.63. The van der Waals surface area contributed by atoms with E-state index in [0.717, 1.165) is 57.2 Å². The Morgan fingerprint density at radius 1 is 1.57 bits per heavy atom. The molecule has 1 spiro atoms. The van der Waals surface area contributed by atoms with Crippen LogP contribution >= 0.6 is 0 Å². The third-order valence-corrected chi connectivity index (χ3v) is 4.69. The van der Waals surface area contributed by atoms with E-state index < -0.39 is 0 Å². The summed E-state index contributed by atoms with van der Waals surface area (Å²) in [4.78, 5) is 18.7. The minimum atomic E-state index is 0.0898. The molecule has 0 saturated carbocycles. The van der Waals surface area contributed by atoms with Gasteiger partial charge in [0.05, 0.1) is 6.26 Å². The zero-order valence-corrected chi connectivity index (χ0v) is 13.8. The van der Waals surface area contributed by atoms with Crippen molar-refractivity contribution >= 4 is 11.9 Å². The molecule has 0 aromatic carbocycles. The molecule has 2 N–H and O–H groups in total. The van der Waals surface area contributed by atoms with Crippen molar-refractivity contribution < 1.29 is 9.21 Å². The minimum Gasteiger partial charge on any atom is -0.469 e. The van der Waals surface area contributed by atoms with E-state index in [1.165, 1.54) is 0 Å². The SMILES string of the molecule is CCNC(=NCCc1ccco1)N1CCCC2(CNC(=O)C2)C1. The summed E-state index contributed by atoms with van der Waals surface area (Å²) in [6.07, 6.45) is 5.38. The number of amides is 1. The molecular formula is C17H26N4O2. The van der Waals surface area contributed by atoms with Crippen molar-refractivity contribution in [2.75, 3.05) is 32.7 Å². The summed E-state index contributed by atoms with van der Waals surface area (Å²) in [5.74, 6) is 2.11. The van der Waals surface area contributed by atoms with Crippen LogP contribution in [-0.4, -0.2) is 49.5 Å². The fourth-order valence-corrected chi connectivity index (χ4v) is 3.58. The van der Waals surface area contributed by atoms with Gasteiger partial charge in [-0.05, 0) is 31.9 Å². The minimum absolute atomic E-state index is 0.0898. The average Bonchev–Trinajstić information content (AvgIpc) is 3.17. The molecule has 1 unspecified atom stereocenters. The van der Waals surface area contributed by atoms with Crippen LogP contribution in [0.3, 0.4) is 0 Å². The van der Waals surface area contributed by atoms with E-state index >= 15 is 0 Å². The summed E-state index contributed by atoms with van der Waals surface area (Å²) < 4.78 is 5.36. The van der Waals surface area contributed by atoms with Crippen LogP contribution < -0.4 is 10.6 Å². The van der Waals surface area contributed by atoms with Crippen LogP contribution in [0, 0.1) is 5.41 Å². The van der Waals surface area contributed by atoms with E-state index in [9.17, 15) is 4.79 Å². The lowest BCUT2D eigenvalue weighted by Gasteiger charge is -2.40. The van der Waals surface area contributed by atoms with Crippen molar-refractivity contribution in [3.63, 3.8) is 0 Å². The molecule has 3 heterocycles. The molecular weight excluding hydrogens is 292 g/mol. The summed E-state index contributed by atoms with van der Waals surface area (Å²) in [6.45, 7) is 6.34.